The molecule has 2 saturated carbocycles. The number of benzene rings is 1. The molecule has 0 unspecified atom stereocenters. The van der Waals surface area contributed by atoms with E-state index in [0.29, 0.717) is 29.1 Å². The highest BCUT2D eigenvalue weighted by atomic mass is 16.5. The molecule has 5 rings (SSSR count). The Morgan fingerprint density at radius 1 is 1.14 bits per heavy atom. The molecule has 0 saturated heterocycles. The van der Waals surface area contributed by atoms with E-state index < -0.39 is 0 Å². The number of pyridine rings is 1. The number of carbonyl (C=O) groups is 2. The number of rotatable bonds is 5. The van der Waals surface area contributed by atoms with E-state index in [2.05, 4.69) is 63.7 Å². The minimum Gasteiger partial charge on any atom is -0.483 e. The van der Waals surface area contributed by atoms with Gasteiger partial charge in [0.25, 0.3) is 12.4 Å². The topological polar surface area (TPSA) is 97.6 Å². The zero-order valence-electron chi connectivity index (χ0n) is 26.6. The third kappa shape index (κ3) is 7.13. The van der Waals surface area contributed by atoms with E-state index >= 15 is 0 Å². The van der Waals surface area contributed by atoms with E-state index in [1.54, 1.807) is 11.8 Å². The van der Waals surface area contributed by atoms with Gasteiger partial charge in [-0.25, -0.2) is 4.98 Å². The normalized spacial score (nSPS) is 18.8. The standard InChI is InChI=1S/C31H38N4O2.C2H6.CH2O2/c1-8-9-28(36)35(26-17-20(3)19(2)16-24(26)22-11-12-22)27-15-14-25-29(32-27)30(33-34(25)7)37-23-13-10-21(4)31(5,6)18-23;1-2;2-1-3/h14-17,21-23H,10-13,18H2,1-7H3;1-2H3;1H,(H,2,3)/t21-,23+;;/m1../s1. The predicted molar refractivity (Wildman–Crippen MR) is 168 cm³/mol. The van der Waals surface area contributed by atoms with Crippen LogP contribution in [0.4, 0.5) is 11.5 Å². The molecule has 0 bridgehead atoms. The molecule has 226 valence electrons. The van der Waals surface area contributed by atoms with Crippen LogP contribution in [-0.2, 0) is 16.6 Å². The highest BCUT2D eigenvalue weighted by Gasteiger charge is 2.36. The summed E-state index contributed by atoms with van der Waals surface area (Å²) in [6.45, 7) is 16.6. The van der Waals surface area contributed by atoms with Gasteiger partial charge in [-0.05, 0) is 111 Å². The number of carbonyl (C=O) groups excluding carboxylic acids is 1. The van der Waals surface area contributed by atoms with Gasteiger partial charge in [-0.15, -0.1) is 5.10 Å². The maximum Gasteiger partial charge on any atom is 0.308 e. The highest BCUT2D eigenvalue weighted by molar-refractivity contribution is 6.11. The molecule has 2 heterocycles. The Kier molecular flexibility index (Phi) is 10.8. The number of amides is 1. The van der Waals surface area contributed by atoms with Gasteiger partial charge in [0, 0.05) is 7.05 Å². The molecule has 0 spiro atoms. The van der Waals surface area contributed by atoms with Crippen molar-refractivity contribution in [3.8, 4) is 17.7 Å². The molecule has 1 N–H and O–H groups in total. The first-order valence-corrected chi connectivity index (χ1v) is 15.0. The van der Waals surface area contributed by atoms with E-state index in [-0.39, 0.29) is 23.9 Å². The molecule has 2 aromatic heterocycles. The van der Waals surface area contributed by atoms with E-state index in [1.165, 1.54) is 11.1 Å². The quantitative estimate of drug-likeness (QED) is 0.251. The van der Waals surface area contributed by atoms with Crippen LogP contribution < -0.4 is 9.64 Å². The van der Waals surface area contributed by atoms with Crippen molar-refractivity contribution in [2.24, 2.45) is 18.4 Å². The lowest BCUT2D eigenvalue weighted by molar-refractivity contribution is -0.122. The number of carboxylic acid groups (broad SMARTS) is 1. The van der Waals surface area contributed by atoms with Crippen LogP contribution >= 0.6 is 0 Å². The highest BCUT2D eigenvalue weighted by Crippen LogP contribution is 2.47. The zero-order chi connectivity index (χ0) is 31.2. The Morgan fingerprint density at radius 2 is 1.79 bits per heavy atom. The van der Waals surface area contributed by atoms with Gasteiger partial charge in [0.15, 0.2) is 5.52 Å². The lowest BCUT2D eigenvalue weighted by atomic mass is 9.69. The summed E-state index contributed by atoms with van der Waals surface area (Å²) >= 11 is 0. The van der Waals surface area contributed by atoms with Crippen LogP contribution in [0, 0.1) is 37.0 Å². The first-order chi connectivity index (χ1) is 20.0. The number of ether oxygens (including phenoxy) is 1. The number of fused-ring (bicyclic) bond motifs is 1. The molecule has 2 atom stereocenters. The van der Waals surface area contributed by atoms with Crippen LogP contribution in [0.1, 0.15) is 96.3 Å². The van der Waals surface area contributed by atoms with Crippen molar-refractivity contribution in [2.45, 2.75) is 99.5 Å². The van der Waals surface area contributed by atoms with E-state index in [0.717, 1.165) is 48.9 Å². The average Bonchev–Trinajstić information content (AvgIpc) is 3.75. The van der Waals surface area contributed by atoms with Crippen molar-refractivity contribution >= 4 is 34.9 Å². The second-order valence-electron chi connectivity index (χ2n) is 11.8. The van der Waals surface area contributed by atoms with Crippen molar-refractivity contribution in [1.82, 2.24) is 14.8 Å². The number of anilines is 2. The van der Waals surface area contributed by atoms with Gasteiger partial charge in [-0.2, -0.15) is 0 Å². The Bertz CT molecular complexity index is 1480. The fraction of sp³-hybridized carbons (Fsp3) is 0.529. The molecule has 2 aliphatic rings. The minimum absolute atomic E-state index is 0.0969. The number of aromatic nitrogens is 3. The van der Waals surface area contributed by atoms with E-state index in [9.17, 15) is 4.79 Å². The van der Waals surface area contributed by atoms with Crippen LogP contribution in [0.15, 0.2) is 24.3 Å². The van der Waals surface area contributed by atoms with Crippen molar-refractivity contribution in [3.05, 3.63) is 41.0 Å². The van der Waals surface area contributed by atoms with E-state index in [1.807, 2.05) is 37.7 Å². The maximum absolute atomic E-state index is 13.4. The molecule has 2 aliphatic carbocycles. The zero-order valence-corrected chi connectivity index (χ0v) is 26.6. The molecule has 3 aromatic rings. The fourth-order valence-corrected chi connectivity index (χ4v) is 5.51. The van der Waals surface area contributed by atoms with Gasteiger partial charge in [0.1, 0.15) is 11.9 Å². The van der Waals surface area contributed by atoms with Crippen LogP contribution in [0.25, 0.3) is 11.0 Å². The summed E-state index contributed by atoms with van der Waals surface area (Å²) in [6, 6.07) is 8.20. The predicted octanol–water partition coefficient (Wildman–Crippen LogP) is 7.47. The molecule has 0 radical (unpaired) electrons. The largest absolute Gasteiger partial charge is 0.483 e. The number of hydrogen-bond donors (Lipinski definition) is 1. The fourth-order valence-electron chi connectivity index (χ4n) is 5.51. The minimum atomic E-state index is -0.283. The van der Waals surface area contributed by atoms with Gasteiger partial charge in [0.2, 0.25) is 0 Å². The second kappa shape index (κ2) is 13.9. The molecular weight excluding hydrogens is 528 g/mol. The van der Waals surface area contributed by atoms with Gasteiger partial charge < -0.3 is 9.84 Å². The third-order valence-electron chi connectivity index (χ3n) is 8.50. The Balaban J connectivity index is 0.000000910. The number of nitrogens with zero attached hydrogens (tertiary/aromatic N) is 4. The molecule has 1 amide bonds. The first-order valence-electron chi connectivity index (χ1n) is 15.0. The van der Waals surface area contributed by atoms with E-state index in [4.69, 9.17) is 19.6 Å². The van der Waals surface area contributed by atoms with Gasteiger partial charge in [0.05, 0.1) is 11.2 Å². The third-order valence-corrected chi connectivity index (χ3v) is 8.50. The van der Waals surface area contributed by atoms with Gasteiger partial charge in [-0.1, -0.05) is 46.6 Å². The Hall–Kier alpha value is -3.86. The Labute approximate surface area is 250 Å². The van der Waals surface area contributed by atoms with Crippen LogP contribution in [0.3, 0.4) is 0 Å². The van der Waals surface area contributed by atoms with Gasteiger partial charge >= 0.3 is 5.91 Å². The van der Waals surface area contributed by atoms with Crippen molar-refractivity contribution in [2.75, 3.05) is 4.90 Å². The van der Waals surface area contributed by atoms with Crippen molar-refractivity contribution in [3.63, 3.8) is 0 Å². The molecule has 2 fully saturated rings. The average molecular weight is 575 g/mol. The van der Waals surface area contributed by atoms with Crippen molar-refractivity contribution < 1.29 is 19.4 Å². The number of aryl methyl sites for hydroxylation is 3. The SMILES string of the molecule is CC.CC#CC(=O)N(c1ccc2c(n1)c(O[C@H]1CC[C@@H](C)C(C)(C)C1)nn2C)c1cc(C)c(C)cc1C1CC1.O=CO. The summed E-state index contributed by atoms with van der Waals surface area (Å²) < 4.78 is 8.31. The smallest absolute Gasteiger partial charge is 0.308 e. The molecule has 8 nitrogen and oxygen atoms in total. The monoisotopic (exact) mass is 574 g/mol. The summed E-state index contributed by atoms with van der Waals surface area (Å²) in [5.41, 5.74) is 6.21. The maximum atomic E-state index is 13.4. The second-order valence-corrected chi connectivity index (χ2v) is 11.8. The molecular formula is C34H46N4O4. The first kappa shape index (κ1) is 32.7. The Morgan fingerprint density at radius 3 is 2.38 bits per heavy atom. The summed E-state index contributed by atoms with van der Waals surface area (Å²) in [6.07, 6.45) is 5.50. The summed E-state index contributed by atoms with van der Waals surface area (Å²) in [4.78, 5) is 28.5. The van der Waals surface area contributed by atoms with Gasteiger partial charge in [-0.3, -0.25) is 19.2 Å². The van der Waals surface area contributed by atoms with Crippen LogP contribution in [0.5, 0.6) is 5.88 Å². The lowest BCUT2D eigenvalue weighted by Crippen LogP contribution is -2.36. The van der Waals surface area contributed by atoms with Crippen LogP contribution in [0.2, 0.25) is 0 Å². The van der Waals surface area contributed by atoms with Crippen molar-refractivity contribution in [1.29, 1.82) is 0 Å². The molecule has 0 aliphatic heterocycles. The van der Waals surface area contributed by atoms with Crippen LogP contribution in [-0.4, -0.2) is 38.4 Å². The molecule has 8 heteroatoms. The number of hydrogen-bond acceptors (Lipinski definition) is 5. The molecule has 42 heavy (non-hydrogen) atoms. The molecule has 1 aromatic carbocycles. The summed E-state index contributed by atoms with van der Waals surface area (Å²) in [5, 5.41) is 11.6. The lowest BCUT2D eigenvalue weighted by Gasteiger charge is -2.40. The summed E-state index contributed by atoms with van der Waals surface area (Å²) in [7, 11) is 1.91. The summed E-state index contributed by atoms with van der Waals surface area (Å²) in [5.74, 6) is 7.47.